The second-order valence-corrected chi connectivity index (χ2v) is 9.98. The molecule has 0 N–H and O–H groups in total. The zero-order valence-corrected chi connectivity index (χ0v) is 20.4. The Labute approximate surface area is 210 Å². The smallest absolute Gasteiger partial charge is 0.336 e. The van der Waals surface area contributed by atoms with Gasteiger partial charge in [-0.3, -0.25) is 4.57 Å². The van der Waals surface area contributed by atoms with Gasteiger partial charge in [0.1, 0.15) is 5.58 Å². The number of fused-ring (bicyclic) bond motifs is 3. The van der Waals surface area contributed by atoms with Crippen LogP contribution >= 0.6 is 23.4 Å². The number of nitrogens with zero attached hydrogens (tertiary/aromatic N) is 3. The molecule has 6 nitrogen and oxygen atoms in total. The van der Waals surface area contributed by atoms with Crippen LogP contribution in [0.1, 0.15) is 18.4 Å². The number of benzene rings is 3. The van der Waals surface area contributed by atoms with Crippen LogP contribution in [0.4, 0.5) is 0 Å². The van der Waals surface area contributed by atoms with Crippen molar-refractivity contribution in [3.63, 3.8) is 0 Å². The zero-order valence-electron chi connectivity index (χ0n) is 18.8. The molecule has 0 unspecified atom stereocenters. The molecule has 35 heavy (non-hydrogen) atoms. The van der Waals surface area contributed by atoms with Gasteiger partial charge in [-0.25, -0.2) is 4.79 Å². The second kappa shape index (κ2) is 9.49. The molecule has 3 aromatic carbocycles. The van der Waals surface area contributed by atoms with Crippen molar-refractivity contribution in [1.82, 2.24) is 14.8 Å². The van der Waals surface area contributed by atoms with Crippen molar-refractivity contribution in [1.29, 1.82) is 0 Å². The van der Waals surface area contributed by atoms with Crippen LogP contribution < -0.4 is 5.63 Å². The van der Waals surface area contributed by atoms with Crippen molar-refractivity contribution in [2.45, 2.75) is 36.4 Å². The van der Waals surface area contributed by atoms with Gasteiger partial charge in [-0.05, 0) is 59.5 Å². The van der Waals surface area contributed by atoms with E-state index in [2.05, 4.69) is 26.9 Å². The Hall–Kier alpha value is -3.13. The summed E-state index contributed by atoms with van der Waals surface area (Å²) in [6.45, 7) is 1.46. The van der Waals surface area contributed by atoms with E-state index in [0.717, 1.165) is 57.7 Å². The third kappa shape index (κ3) is 4.47. The van der Waals surface area contributed by atoms with Crippen molar-refractivity contribution >= 4 is 45.1 Å². The molecule has 2 aromatic heterocycles. The van der Waals surface area contributed by atoms with E-state index in [-0.39, 0.29) is 11.7 Å². The summed E-state index contributed by atoms with van der Waals surface area (Å²) in [5, 5.41) is 13.6. The van der Waals surface area contributed by atoms with Gasteiger partial charge in [0.15, 0.2) is 11.0 Å². The van der Waals surface area contributed by atoms with E-state index in [9.17, 15) is 4.79 Å². The molecule has 0 saturated carbocycles. The third-order valence-corrected chi connectivity index (χ3v) is 7.57. The van der Waals surface area contributed by atoms with Gasteiger partial charge in [0.05, 0.1) is 12.6 Å². The maximum absolute atomic E-state index is 12.3. The predicted molar refractivity (Wildman–Crippen MR) is 139 cm³/mol. The quantitative estimate of drug-likeness (QED) is 0.153. The Kier molecular flexibility index (Phi) is 6.06. The number of halogens is 1. The van der Waals surface area contributed by atoms with Crippen molar-refractivity contribution in [3.05, 3.63) is 87.7 Å². The highest BCUT2D eigenvalue weighted by Gasteiger charge is 2.22. The summed E-state index contributed by atoms with van der Waals surface area (Å²) in [7, 11) is 0. The van der Waals surface area contributed by atoms with Crippen LogP contribution in [-0.2, 0) is 17.0 Å². The summed E-state index contributed by atoms with van der Waals surface area (Å²) in [6, 6.07) is 21.2. The molecule has 1 fully saturated rings. The summed E-state index contributed by atoms with van der Waals surface area (Å²) in [5.41, 5.74) is 2.10. The van der Waals surface area contributed by atoms with Gasteiger partial charge in [-0.2, -0.15) is 0 Å². The van der Waals surface area contributed by atoms with Gasteiger partial charge >= 0.3 is 5.63 Å². The molecular formula is C27H22ClN3O3S. The van der Waals surface area contributed by atoms with E-state index in [1.54, 1.807) is 17.8 Å². The molecule has 1 aliphatic rings. The molecule has 0 spiro atoms. The normalized spacial score (nSPS) is 15.9. The molecule has 0 bridgehead atoms. The first-order chi connectivity index (χ1) is 17.2. The number of rotatable bonds is 6. The monoisotopic (exact) mass is 503 g/mol. The molecular weight excluding hydrogens is 482 g/mol. The van der Waals surface area contributed by atoms with E-state index in [1.807, 2.05) is 48.5 Å². The number of ether oxygens (including phenoxy) is 1. The topological polar surface area (TPSA) is 70.2 Å². The second-order valence-electron chi connectivity index (χ2n) is 8.60. The lowest BCUT2D eigenvalue weighted by Gasteiger charge is -2.15. The fourth-order valence-corrected chi connectivity index (χ4v) is 5.69. The Morgan fingerprint density at radius 3 is 2.74 bits per heavy atom. The first-order valence-electron chi connectivity index (χ1n) is 11.5. The van der Waals surface area contributed by atoms with Gasteiger partial charge in [0.25, 0.3) is 0 Å². The number of thioether (sulfide) groups is 1. The van der Waals surface area contributed by atoms with E-state index in [1.165, 1.54) is 0 Å². The largest absolute Gasteiger partial charge is 0.423 e. The van der Waals surface area contributed by atoms with Crippen LogP contribution in [-0.4, -0.2) is 27.5 Å². The van der Waals surface area contributed by atoms with Gasteiger partial charge in [0.2, 0.25) is 0 Å². The van der Waals surface area contributed by atoms with Crippen LogP contribution in [0.3, 0.4) is 0 Å². The lowest BCUT2D eigenvalue weighted by atomic mass is 10.0. The third-order valence-electron chi connectivity index (χ3n) is 6.30. The molecule has 176 valence electrons. The first kappa shape index (κ1) is 22.3. The Morgan fingerprint density at radius 2 is 1.91 bits per heavy atom. The highest BCUT2D eigenvalue weighted by atomic mass is 35.5. The summed E-state index contributed by atoms with van der Waals surface area (Å²) < 4.78 is 13.6. The number of hydrogen-bond donors (Lipinski definition) is 0. The van der Waals surface area contributed by atoms with Crippen LogP contribution in [0.15, 0.2) is 81.1 Å². The van der Waals surface area contributed by atoms with E-state index >= 15 is 0 Å². The summed E-state index contributed by atoms with van der Waals surface area (Å²) >= 11 is 7.66. The first-order valence-corrected chi connectivity index (χ1v) is 12.9. The number of hydrogen-bond acceptors (Lipinski definition) is 6. The maximum Gasteiger partial charge on any atom is 0.336 e. The molecule has 1 atom stereocenters. The molecule has 0 amide bonds. The van der Waals surface area contributed by atoms with Gasteiger partial charge in [-0.1, -0.05) is 53.7 Å². The maximum atomic E-state index is 12.3. The Morgan fingerprint density at radius 1 is 1.06 bits per heavy atom. The van der Waals surface area contributed by atoms with E-state index in [0.29, 0.717) is 22.9 Å². The van der Waals surface area contributed by atoms with Gasteiger partial charge in [-0.15, -0.1) is 10.2 Å². The van der Waals surface area contributed by atoms with Gasteiger partial charge in [0, 0.05) is 34.4 Å². The summed E-state index contributed by atoms with van der Waals surface area (Å²) in [5.74, 6) is 1.34. The van der Waals surface area contributed by atoms with Crippen LogP contribution in [0, 0.1) is 0 Å². The molecule has 1 saturated heterocycles. The minimum absolute atomic E-state index is 0.130. The Bertz CT molecular complexity index is 1570. The molecule has 6 rings (SSSR count). The zero-order chi connectivity index (χ0) is 23.8. The molecule has 1 aliphatic heterocycles. The van der Waals surface area contributed by atoms with Crippen LogP contribution in [0.25, 0.3) is 33.1 Å². The average Bonchev–Trinajstić information content (AvgIpc) is 3.53. The standard InChI is InChI=1S/C27H22ClN3O3S/c28-20-10-7-18(8-11-20)26-29-30-27(31(26)15-21-5-3-13-33-21)35-16-19-14-24(32)34-23-12-9-17-4-1-2-6-22(17)25(19)23/h1-2,4,6-12,14,21H,3,5,13,15-16H2/t21-/m1/s1. The van der Waals surface area contributed by atoms with E-state index in [4.69, 9.17) is 20.8 Å². The fourth-order valence-electron chi connectivity index (χ4n) is 4.64. The minimum atomic E-state index is -0.356. The Balaban J connectivity index is 1.39. The predicted octanol–water partition coefficient (Wildman–Crippen LogP) is 6.33. The lowest BCUT2D eigenvalue weighted by Crippen LogP contribution is -2.16. The average molecular weight is 504 g/mol. The van der Waals surface area contributed by atoms with Crippen molar-refractivity contribution in [2.24, 2.45) is 0 Å². The molecule has 8 heteroatoms. The van der Waals surface area contributed by atoms with E-state index < -0.39 is 0 Å². The molecule has 3 heterocycles. The van der Waals surface area contributed by atoms with Crippen molar-refractivity contribution in [3.8, 4) is 11.4 Å². The van der Waals surface area contributed by atoms with Crippen molar-refractivity contribution in [2.75, 3.05) is 6.61 Å². The highest BCUT2D eigenvalue weighted by Crippen LogP contribution is 2.33. The molecule has 0 aliphatic carbocycles. The minimum Gasteiger partial charge on any atom is -0.423 e. The molecule has 5 aromatic rings. The molecule has 0 radical (unpaired) electrons. The summed E-state index contributed by atoms with van der Waals surface area (Å²) in [4.78, 5) is 12.3. The lowest BCUT2D eigenvalue weighted by molar-refractivity contribution is 0.0953. The van der Waals surface area contributed by atoms with Crippen LogP contribution in [0.2, 0.25) is 5.02 Å². The highest BCUT2D eigenvalue weighted by molar-refractivity contribution is 7.98. The van der Waals surface area contributed by atoms with Crippen LogP contribution in [0.5, 0.6) is 0 Å². The number of aromatic nitrogens is 3. The van der Waals surface area contributed by atoms with Gasteiger partial charge < -0.3 is 9.15 Å². The SMILES string of the molecule is O=c1cc(CSc2nnc(-c3ccc(Cl)cc3)n2C[C@H]2CCCO2)c2c(ccc3ccccc32)o1. The summed E-state index contributed by atoms with van der Waals surface area (Å²) in [6.07, 6.45) is 2.20. The fraction of sp³-hybridized carbons (Fsp3) is 0.222. The van der Waals surface area contributed by atoms with Crippen molar-refractivity contribution < 1.29 is 9.15 Å².